The highest BCUT2D eigenvalue weighted by molar-refractivity contribution is 9.10. The number of nitrogens with one attached hydrogen (secondary N) is 1. The summed E-state index contributed by atoms with van der Waals surface area (Å²) in [7, 11) is 1.98. The Balaban J connectivity index is 1.96. The normalized spacial score (nSPS) is 12.5. The summed E-state index contributed by atoms with van der Waals surface area (Å²) < 4.78 is 1.00. The molecule has 4 heteroatoms. The first-order valence-corrected chi connectivity index (χ1v) is 7.68. The average Bonchev–Trinajstić information content (AvgIpc) is 2.54. The fraction of sp³-hybridized carbons (Fsp3) is 0.176. The first-order chi connectivity index (χ1) is 10.3. The third-order valence-electron chi connectivity index (χ3n) is 3.61. The van der Waals surface area contributed by atoms with E-state index < -0.39 is 0 Å². The van der Waals surface area contributed by atoms with Gasteiger partial charge in [-0.2, -0.15) is 0 Å². The van der Waals surface area contributed by atoms with E-state index in [2.05, 4.69) is 55.5 Å². The molecule has 0 aliphatic rings. The second-order valence-electron chi connectivity index (χ2n) is 4.93. The molecule has 1 unspecified atom stereocenters. The Kier molecular flexibility index (Phi) is 4.27. The van der Waals surface area contributed by atoms with Crippen LogP contribution in [0, 0.1) is 0 Å². The molecule has 0 saturated heterocycles. The van der Waals surface area contributed by atoms with Gasteiger partial charge in [-0.3, -0.25) is 9.97 Å². The highest BCUT2D eigenvalue weighted by Gasteiger charge is 2.14. The van der Waals surface area contributed by atoms with Gasteiger partial charge < -0.3 is 5.32 Å². The molecule has 21 heavy (non-hydrogen) atoms. The first-order valence-electron chi connectivity index (χ1n) is 6.89. The molecule has 2 heterocycles. The number of aromatic nitrogens is 2. The van der Waals surface area contributed by atoms with Crippen molar-refractivity contribution in [2.45, 2.75) is 12.5 Å². The second-order valence-corrected chi connectivity index (χ2v) is 5.85. The Bertz CT molecular complexity index is 735. The molecular weight excluding hydrogens is 326 g/mol. The zero-order chi connectivity index (χ0) is 14.7. The zero-order valence-electron chi connectivity index (χ0n) is 11.8. The van der Waals surface area contributed by atoms with Crippen LogP contribution in [-0.4, -0.2) is 17.0 Å². The van der Waals surface area contributed by atoms with E-state index in [1.54, 1.807) is 0 Å². The van der Waals surface area contributed by atoms with E-state index >= 15 is 0 Å². The Labute approximate surface area is 132 Å². The van der Waals surface area contributed by atoms with Gasteiger partial charge in [0.15, 0.2) is 0 Å². The van der Waals surface area contributed by atoms with Gasteiger partial charge >= 0.3 is 0 Å². The van der Waals surface area contributed by atoms with E-state index in [1.807, 2.05) is 37.6 Å². The van der Waals surface area contributed by atoms with Crippen LogP contribution in [0.25, 0.3) is 10.9 Å². The Morgan fingerprint density at radius 2 is 1.95 bits per heavy atom. The number of likely N-dealkylation sites (N-methyl/N-ethyl adjacent to an activating group) is 1. The fourth-order valence-corrected chi connectivity index (χ4v) is 2.76. The summed E-state index contributed by atoms with van der Waals surface area (Å²) in [6, 6.07) is 14.6. The molecule has 1 aromatic carbocycles. The van der Waals surface area contributed by atoms with E-state index in [9.17, 15) is 0 Å². The van der Waals surface area contributed by atoms with E-state index in [-0.39, 0.29) is 6.04 Å². The number of halogens is 1. The SMILES string of the molecule is CNC(Cc1ccc(Br)cn1)c1ccnc2ccccc12. The fourth-order valence-electron chi connectivity index (χ4n) is 2.53. The molecular formula is C17H16BrN3. The summed E-state index contributed by atoms with van der Waals surface area (Å²) in [6.07, 6.45) is 4.56. The molecule has 3 aromatic rings. The lowest BCUT2D eigenvalue weighted by atomic mass is 9.98. The summed E-state index contributed by atoms with van der Waals surface area (Å²) in [5, 5.41) is 4.59. The lowest BCUT2D eigenvalue weighted by molar-refractivity contribution is 0.588. The summed E-state index contributed by atoms with van der Waals surface area (Å²) in [6.45, 7) is 0. The molecule has 1 N–H and O–H groups in total. The van der Waals surface area contributed by atoms with Gasteiger partial charge in [0, 0.05) is 40.4 Å². The van der Waals surface area contributed by atoms with Crippen LogP contribution in [0.1, 0.15) is 17.3 Å². The third-order valence-corrected chi connectivity index (χ3v) is 4.08. The summed E-state index contributed by atoms with van der Waals surface area (Å²) in [4.78, 5) is 8.90. The van der Waals surface area contributed by atoms with E-state index in [0.29, 0.717) is 0 Å². The molecule has 2 aromatic heterocycles. The van der Waals surface area contributed by atoms with Crippen molar-refractivity contribution in [3.63, 3.8) is 0 Å². The Morgan fingerprint density at radius 3 is 2.71 bits per heavy atom. The Hall–Kier alpha value is -1.78. The predicted molar refractivity (Wildman–Crippen MR) is 89.2 cm³/mol. The van der Waals surface area contributed by atoms with Gasteiger partial charge in [0.1, 0.15) is 0 Å². The van der Waals surface area contributed by atoms with Crippen LogP contribution in [0.2, 0.25) is 0 Å². The number of para-hydroxylation sites is 1. The molecule has 106 valence electrons. The van der Waals surface area contributed by atoms with Crippen molar-refractivity contribution in [3.8, 4) is 0 Å². The van der Waals surface area contributed by atoms with Crippen molar-refractivity contribution in [2.75, 3.05) is 7.05 Å². The standard InChI is InChI=1S/C17H16BrN3/c1-19-17(10-13-7-6-12(18)11-21-13)15-8-9-20-16-5-3-2-4-14(15)16/h2-9,11,17,19H,10H2,1H3. The van der Waals surface area contributed by atoms with Crippen LogP contribution in [0.3, 0.4) is 0 Å². The summed E-state index contributed by atoms with van der Waals surface area (Å²) in [5.74, 6) is 0. The minimum Gasteiger partial charge on any atom is -0.313 e. The minimum atomic E-state index is 0.214. The van der Waals surface area contributed by atoms with Gasteiger partial charge in [0.25, 0.3) is 0 Å². The van der Waals surface area contributed by atoms with Crippen LogP contribution >= 0.6 is 15.9 Å². The van der Waals surface area contributed by atoms with Crippen LogP contribution in [0.4, 0.5) is 0 Å². The molecule has 0 radical (unpaired) electrons. The van der Waals surface area contributed by atoms with Crippen LogP contribution in [0.15, 0.2) is 59.3 Å². The van der Waals surface area contributed by atoms with Crippen LogP contribution < -0.4 is 5.32 Å². The van der Waals surface area contributed by atoms with E-state index in [0.717, 1.165) is 22.1 Å². The van der Waals surface area contributed by atoms with Crippen molar-refractivity contribution >= 4 is 26.8 Å². The van der Waals surface area contributed by atoms with Crippen LogP contribution in [-0.2, 0) is 6.42 Å². The second kappa shape index (κ2) is 6.33. The lowest BCUT2D eigenvalue weighted by Crippen LogP contribution is -2.19. The predicted octanol–water partition coefficient (Wildman–Crippen LogP) is 3.90. The van der Waals surface area contributed by atoms with Crippen molar-refractivity contribution in [1.29, 1.82) is 0 Å². The van der Waals surface area contributed by atoms with Crippen molar-refractivity contribution in [1.82, 2.24) is 15.3 Å². The Morgan fingerprint density at radius 1 is 1.10 bits per heavy atom. The summed E-state index contributed by atoms with van der Waals surface area (Å²) >= 11 is 3.42. The molecule has 0 aliphatic carbocycles. The van der Waals surface area contributed by atoms with Gasteiger partial charge in [-0.15, -0.1) is 0 Å². The van der Waals surface area contributed by atoms with Crippen LogP contribution in [0.5, 0.6) is 0 Å². The topological polar surface area (TPSA) is 37.8 Å². The number of rotatable bonds is 4. The van der Waals surface area contributed by atoms with Gasteiger partial charge in [-0.05, 0) is 52.8 Å². The van der Waals surface area contributed by atoms with Crippen molar-refractivity contribution in [2.24, 2.45) is 0 Å². The molecule has 0 aliphatic heterocycles. The number of hydrogen-bond donors (Lipinski definition) is 1. The molecule has 0 saturated carbocycles. The van der Waals surface area contributed by atoms with Crippen molar-refractivity contribution in [3.05, 3.63) is 70.6 Å². The van der Waals surface area contributed by atoms with Gasteiger partial charge in [-0.1, -0.05) is 18.2 Å². The summed E-state index contributed by atoms with van der Waals surface area (Å²) in [5.41, 5.74) is 3.35. The first kappa shape index (κ1) is 14.2. The molecule has 0 spiro atoms. The number of benzene rings is 1. The maximum absolute atomic E-state index is 4.47. The highest BCUT2D eigenvalue weighted by atomic mass is 79.9. The third kappa shape index (κ3) is 3.12. The van der Waals surface area contributed by atoms with E-state index in [4.69, 9.17) is 0 Å². The molecule has 0 fully saturated rings. The van der Waals surface area contributed by atoms with E-state index in [1.165, 1.54) is 10.9 Å². The van der Waals surface area contributed by atoms with Gasteiger partial charge in [0.2, 0.25) is 0 Å². The number of nitrogens with zero attached hydrogens (tertiary/aromatic N) is 2. The maximum atomic E-state index is 4.47. The number of hydrogen-bond acceptors (Lipinski definition) is 3. The molecule has 3 nitrogen and oxygen atoms in total. The number of fused-ring (bicyclic) bond motifs is 1. The monoisotopic (exact) mass is 341 g/mol. The minimum absolute atomic E-state index is 0.214. The largest absolute Gasteiger partial charge is 0.313 e. The lowest BCUT2D eigenvalue weighted by Gasteiger charge is -2.18. The average molecular weight is 342 g/mol. The quantitative estimate of drug-likeness (QED) is 0.782. The molecule has 1 atom stereocenters. The highest BCUT2D eigenvalue weighted by Crippen LogP contribution is 2.25. The van der Waals surface area contributed by atoms with Gasteiger partial charge in [0.05, 0.1) is 5.52 Å². The molecule has 0 amide bonds. The van der Waals surface area contributed by atoms with Gasteiger partial charge in [-0.25, -0.2) is 0 Å². The van der Waals surface area contributed by atoms with Crippen molar-refractivity contribution < 1.29 is 0 Å². The smallest absolute Gasteiger partial charge is 0.0705 e. The molecule has 3 rings (SSSR count). The molecule has 0 bridgehead atoms. The zero-order valence-corrected chi connectivity index (χ0v) is 13.3. The maximum Gasteiger partial charge on any atom is 0.0705 e. The number of pyridine rings is 2.